The first-order valence-corrected chi connectivity index (χ1v) is 24.8. The Morgan fingerprint density at radius 2 is 0.852 bits per heavy atom. The zero-order valence-corrected chi connectivity index (χ0v) is 40.2. The van der Waals surface area contributed by atoms with Crippen LogP contribution in [-0.4, -0.2) is 68.8 Å². The molecule has 0 aliphatic carbocycles. The summed E-state index contributed by atoms with van der Waals surface area (Å²) in [5.74, 6) is 0.381. The van der Waals surface area contributed by atoms with Crippen LogP contribution in [0.15, 0.2) is 94.7 Å². The van der Waals surface area contributed by atoms with Crippen molar-refractivity contribution < 1.29 is 45.6 Å². The van der Waals surface area contributed by atoms with E-state index in [0.29, 0.717) is 36.3 Å². The van der Waals surface area contributed by atoms with Crippen LogP contribution in [0.1, 0.15) is 153 Å². The molecule has 0 aromatic heterocycles. The predicted octanol–water partition coefficient (Wildman–Crippen LogP) is 12.4. The number of ether oxygens (including phenoxy) is 2. The molecule has 10 nitrogen and oxygen atoms in total. The molecule has 332 valence electrons. The van der Waals surface area contributed by atoms with E-state index in [-0.39, 0.29) is 70.3 Å². The zero-order valence-electron chi connectivity index (χ0n) is 36.3. The van der Waals surface area contributed by atoms with Crippen molar-refractivity contribution in [3.63, 3.8) is 0 Å². The molecule has 4 aromatic carbocycles. The van der Waals surface area contributed by atoms with Gasteiger partial charge in [-0.3, -0.25) is 4.55 Å². The average Bonchev–Trinajstić information content (AvgIpc) is 3.21. The van der Waals surface area contributed by atoms with Gasteiger partial charge in [-0.1, -0.05) is 178 Å². The number of benzene rings is 4. The van der Waals surface area contributed by atoms with Crippen LogP contribution < -0.4 is 14.6 Å². The first-order chi connectivity index (χ1) is 28.9. The molecule has 0 heterocycles. The largest absolute Gasteiger partial charge is 2.00 e. The molecule has 0 radical (unpaired) electrons. The monoisotopic (exact) mass is 906 g/mol. The minimum atomic E-state index is -4.70. The number of rotatable bonds is 28. The minimum absolute atomic E-state index is 0. The van der Waals surface area contributed by atoms with Gasteiger partial charge in [0, 0.05) is 11.1 Å². The Balaban J connectivity index is 0.000000413. The number of aromatic hydroxyl groups is 1. The van der Waals surface area contributed by atoms with Gasteiger partial charge in [-0.2, -0.15) is 8.42 Å². The predicted molar refractivity (Wildman–Crippen MR) is 242 cm³/mol. The number of hydrogen-bond acceptors (Lipinski definition) is 9. The van der Waals surface area contributed by atoms with Gasteiger partial charge in [0.25, 0.3) is 10.1 Å². The summed E-state index contributed by atoms with van der Waals surface area (Å²) in [6, 6.07) is 22.2. The molecule has 0 spiro atoms. The summed E-state index contributed by atoms with van der Waals surface area (Å²) in [4.78, 5) is -0.564. The average molecular weight is 907 g/mol. The van der Waals surface area contributed by atoms with Gasteiger partial charge in [0.05, 0.1) is 4.90 Å². The summed E-state index contributed by atoms with van der Waals surface area (Å²) >= 11 is 0. The van der Waals surface area contributed by atoms with Crippen LogP contribution in [0.2, 0.25) is 0 Å². The fourth-order valence-electron chi connectivity index (χ4n) is 7.15. The number of phenols is 1. The third-order valence-electron chi connectivity index (χ3n) is 10.4. The molecule has 0 unspecified atom stereocenters. The molecule has 0 fully saturated rings. The van der Waals surface area contributed by atoms with Gasteiger partial charge in [0.15, 0.2) is 11.5 Å². The molecular formula is C48H66CaO10S2. The van der Waals surface area contributed by atoms with E-state index in [9.17, 15) is 36.2 Å². The summed E-state index contributed by atoms with van der Waals surface area (Å²) < 4.78 is 80.1. The van der Waals surface area contributed by atoms with Crippen molar-refractivity contribution in [3.8, 4) is 34.5 Å². The smallest absolute Gasteiger partial charge is 0.870 e. The molecule has 0 amide bonds. The standard InChI is InChI=1S/2C24H34O5S.Ca/c2*1-2-3-4-5-6-7-8-9-10-14-17-21-23(30(26,27)28)19-18-22(25)24(21)29-20-15-12-11-13-16-20;/h2*11-13,15-16,18-19,25H,2-10,14,17H2,1H3,(H,26,27,28);/q;;+2/p-2. The molecule has 0 atom stereocenters. The number of phenolic OH excluding ortho intramolecular Hbond substituents is 1. The Kier molecular flexibility index (Phi) is 27.0. The molecule has 0 aliphatic rings. The quantitative estimate of drug-likeness (QED) is 0.0317. The van der Waals surface area contributed by atoms with E-state index in [1.807, 2.05) is 12.1 Å². The van der Waals surface area contributed by atoms with Crippen LogP contribution in [0.25, 0.3) is 0 Å². The van der Waals surface area contributed by atoms with Gasteiger partial charge in [-0.05, 0) is 68.1 Å². The molecule has 61 heavy (non-hydrogen) atoms. The summed E-state index contributed by atoms with van der Waals surface area (Å²) in [6.07, 6.45) is 23.8. The maximum absolute atomic E-state index is 12.4. The van der Waals surface area contributed by atoms with Gasteiger partial charge in [-0.15, -0.1) is 0 Å². The molecule has 2 N–H and O–H groups in total. The van der Waals surface area contributed by atoms with Gasteiger partial charge >= 0.3 is 37.7 Å². The van der Waals surface area contributed by atoms with Gasteiger partial charge in [0.1, 0.15) is 32.3 Å². The zero-order chi connectivity index (χ0) is 43.6. The van der Waals surface area contributed by atoms with Gasteiger partial charge in [0.2, 0.25) is 0 Å². The van der Waals surface area contributed by atoms with E-state index in [2.05, 4.69) is 13.8 Å². The molecular weight excluding hydrogens is 841 g/mol. The van der Waals surface area contributed by atoms with Crippen LogP contribution in [0.4, 0.5) is 0 Å². The summed E-state index contributed by atoms with van der Waals surface area (Å²) in [6.45, 7) is 4.43. The SMILES string of the molecule is CCCCCCCCCCCCc1c(S(=O)(=O)O)ccc(O)c1Oc1ccccc1.CCCCCCCCCCCCc1c(S(=O)(=O)[O-])ccc([O-])c1Oc1ccccc1.[Ca+2]. The van der Waals surface area contributed by atoms with Crippen molar-refractivity contribution in [1.82, 2.24) is 0 Å². The summed E-state index contributed by atoms with van der Waals surface area (Å²) in [7, 11) is -9.11. The van der Waals surface area contributed by atoms with E-state index >= 15 is 0 Å². The second kappa shape index (κ2) is 30.3. The topological polar surface area (TPSA) is 173 Å². The van der Waals surface area contributed by atoms with Gasteiger partial charge < -0.3 is 24.2 Å². The van der Waals surface area contributed by atoms with E-state index in [1.165, 1.54) is 95.6 Å². The van der Waals surface area contributed by atoms with E-state index in [4.69, 9.17) is 9.47 Å². The molecule has 13 heteroatoms. The maximum atomic E-state index is 12.4. The molecule has 4 aromatic rings. The number of hydrogen-bond donors (Lipinski definition) is 2. The Morgan fingerprint density at radius 1 is 0.492 bits per heavy atom. The Morgan fingerprint density at radius 3 is 1.25 bits per heavy atom. The second-order valence-electron chi connectivity index (χ2n) is 15.4. The third kappa shape index (κ3) is 20.9. The van der Waals surface area contributed by atoms with Crippen LogP contribution >= 0.6 is 0 Å². The number of unbranched alkanes of at least 4 members (excludes halogenated alkanes) is 18. The maximum Gasteiger partial charge on any atom is 2.00 e. The van der Waals surface area contributed by atoms with E-state index < -0.39 is 26.0 Å². The van der Waals surface area contributed by atoms with Crippen LogP contribution in [-0.2, 0) is 33.1 Å². The van der Waals surface area contributed by atoms with Crippen LogP contribution in [0, 0.1) is 0 Å². The van der Waals surface area contributed by atoms with Crippen molar-refractivity contribution in [2.24, 2.45) is 0 Å². The molecule has 4 rings (SSSR count). The third-order valence-corrected chi connectivity index (χ3v) is 12.3. The number of para-hydroxylation sites is 2. The fourth-order valence-corrected chi connectivity index (χ4v) is 8.63. The first kappa shape index (κ1) is 54.3. The second-order valence-corrected chi connectivity index (χ2v) is 18.1. The summed E-state index contributed by atoms with van der Waals surface area (Å²) in [5.41, 5.74) is 0.516. The minimum Gasteiger partial charge on any atom is -0.870 e. The van der Waals surface area contributed by atoms with Crippen molar-refractivity contribution >= 4 is 58.0 Å². The van der Waals surface area contributed by atoms with Gasteiger partial charge in [-0.25, -0.2) is 8.42 Å². The Hall–Kier alpha value is -2.84. The van der Waals surface area contributed by atoms with Crippen molar-refractivity contribution in [3.05, 3.63) is 96.1 Å². The van der Waals surface area contributed by atoms with E-state index in [1.54, 1.807) is 48.5 Å². The Labute approximate surface area is 396 Å². The summed E-state index contributed by atoms with van der Waals surface area (Å²) in [5, 5.41) is 22.7. The molecule has 0 aliphatic heterocycles. The van der Waals surface area contributed by atoms with Crippen molar-refractivity contribution in [2.75, 3.05) is 0 Å². The molecule has 0 saturated carbocycles. The van der Waals surface area contributed by atoms with E-state index in [0.717, 1.165) is 50.7 Å². The molecule has 0 bridgehead atoms. The molecule has 0 saturated heterocycles. The van der Waals surface area contributed by atoms with Crippen LogP contribution in [0.5, 0.6) is 34.5 Å². The van der Waals surface area contributed by atoms with Crippen molar-refractivity contribution in [1.29, 1.82) is 0 Å². The fraction of sp³-hybridized carbons (Fsp3) is 0.500. The Bertz CT molecular complexity index is 1880. The first-order valence-electron chi connectivity index (χ1n) is 21.9. The van der Waals surface area contributed by atoms with Crippen molar-refractivity contribution in [2.45, 2.75) is 165 Å². The normalized spacial score (nSPS) is 11.3. The van der Waals surface area contributed by atoms with Crippen LogP contribution in [0.3, 0.4) is 0 Å².